The molecule has 0 bridgehead atoms. The van der Waals surface area contributed by atoms with Gasteiger partial charge in [0, 0.05) is 10.9 Å². The van der Waals surface area contributed by atoms with Crippen LogP contribution in [0.1, 0.15) is 0 Å². The number of para-hydroxylation sites is 1. The smallest absolute Gasteiger partial charge is 0.135 e. The van der Waals surface area contributed by atoms with Crippen molar-refractivity contribution in [1.29, 1.82) is 0 Å². The summed E-state index contributed by atoms with van der Waals surface area (Å²) in [7, 11) is 0. The number of fused-ring (bicyclic) bond motifs is 3. The van der Waals surface area contributed by atoms with E-state index in [1.54, 1.807) is 0 Å². The molecule has 0 N–H and O–H groups in total. The summed E-state index contributed by atoms with van der Waals surface area (Å²) in [6, 6.07) is 53.2. The SMILES string of the molecule is c1ccc2c(c1)Oc1ccc(-c3cc(-c4ccc5ccc6cccc7ccc4c5c67)cc4ccccc34)c3cccc-2c13. The van der Waals surface area contributed by atoms with Crippen LogP contribution in [-0.4, -0.2) is 0 Å². The predicted octanol–water partition coefficient (Wildman–Crippen LogP) is 12.0. The molecule has 1 heteroatoms. The molecule has 198 valence electrons. The van der Waals surface area contributed by atoms with Gasteiger partial charge < -0.3 is 4.74 Å². The summed E-state index contributed by atoms with van der Waals surface area (Å²) in [6.07, 6.45) is 0. The van der Waals surface area contributed by atoms with Crippen molar-refractivity contribution in [2.24, 2.45) is 0 Å². The maximum atomic E-state index is 6.43. The first kappa shape index (κ1) is 23.0. The lowest BCUT2D eigenvalue weighted by Gasteiger charge is -2.23. The van der Waals surface area contributed by atoms with E-state index >= 15 is 0 Å². The van der Waals surface area contributed by atoms with Gasteiger partial charge in [0.1, 0.15) is 11.5 Å². The van der Waals surface area contributed by atoms with Gasteiger partial charge in [-0.1, -0.05) is 121 Å². The third kappa shape index (κ3) is 3.17. The second-order valence-corrected chi connectivity index (χ2v) is 11.7. The first-order valence-corrected chi connectivity index (χ1v) is 14.8. The quantitative estimate of drug-likeness (QED) is 0.197. The van der Waals surface area contributed by atoms with Crippen LogP contribution in [0.5, 0.6) is 11.5 Å². The van der Waals surface area contributed by atoms with E-state index in [4.69, 9.17) is 4.74 Å². The van der Waals surface area contributed by atoms with Crippen LogP contribution in [-0.2, 0) is 0 Å². The monoisotopic (exact) mass is 544 g/mol. The predicted molar refractivity (Wildman–Crippen MR) is 182 cm³/mol. The number of benzene rings is 9. The van der Waals surface area contributed by atoms with Gasteiger partial charge in [0.15, 0.2) is 0 Å². The average molecular weight is 545 g/mol. The maximum absolute atomic E-state index is 6.43. The second-order valence-electron chi connectivity index (χ2n) is 11.7. The van der Waals surface area contributed by atoms with Crippen LogP contribution in [0.3, 0.4) is 0 Å². The van der Waals surface area contributed by atoms with Gasteiger partial charge in [-0.05, 0) is 101 Å². The minimum Gasteiger partial charge on any atom is -0.456 e. The highest BCUT2D eigenvalue weighted by atomic mass is 16.5. The highest BCUT2D eigenvalue weighted by molar-refractivity contribution is 6.26. The van der Waals surface area contributed by atoms with Gasteiger partial charge in [-0.2, -0.15) is 0 Å². The summed E-state index contributed by atoms with van der Waals surface area (Å²) >= 11 is 0. The van der Waals surface area contributed by atoms with Gasteiger partial charge in [-0.3, -0.25) is 0 Å². The molecule has 0 atom stereocenters. The third-order valence-corrected chi connectivity index (χ3v) is 9.39. The van der Waals surface area contributed by atoms with Crippen LogP contribution in [0.4, 0.5) is 0 Å². The van der Waals surface area contributed by atoms with Crippen molar-refractivity contribution >= 4 is 53.9 Å². The van der Waals surface area contributed by atoms with E-state index in [0.717, 1.165) is 17.1 Å². The van der Waals surface area contributed by atoms with Crippen LogP contribution in [0.25, 0.3) is 87.2 Å². The average Bonchev–Trinajstić information content (AvgIpc) is 3.07. The topological polar surface area (TPSA) is 9.23 Å². The molecule has 0 radical (unpaired) electrons. The van der Waals surface area contributed by atoms with E-state index in [-0.39, 0.29) is 0 Å². The molecule has 0 aliphatic carbocycles. The molecule has 0 unspecified atom stereocenters. The van der Waals surface area contributed by atoms with Crippen LogP contribution in [0, 0.1) is 0 Å². The van der Waals surface area contributed by atoms with E-state index in [2.05, 4.69) is 140 Å². The molecule has 1 heterocycles. The Morgan fingerprint density at radius 3 is 1.88 bits per heavy atom. The summed E-state index contributed by atoms with van der Waals surface area (Å²) in [5.41, 5.74) is 7.32. The molecule has 1 aliphatic heterocycles. The summed E-state index contributed by atoms with van der Waals surface area (Å²) in [5, 5.41) is 12.7. The number of ether oxygens (including phenoxy) is 1. The summed E-state index contributed by atoms with van der Waals surface area (Å²) in [4.78, 5) is 0. The molecule has 0 amide bonds. The second kappa shape index (κ2) is 8.44. The zero-order valence-electron chi connectivity index (χ0n) is 23.3. The summed E-state index contributed by atoms with van der Waals surface area (Å²) in [5.74, 6) is 1.83. The fraction of sp³-hybridized carbons (Fsp3) is 0. The third-order valence-electron chi connectivity index (χ3n) is 9.39. The van der Waals surface area contributed by atoms with E-state index in [9.17, 15) is 0 Å². The molecule has 9 aromatic rings. The standard InChI is InChI=1S/C42H24O/c1-2-10-30-28(7-1)23-29(31-19-17-27-16-15-25-8-5-9-26-18-20-36(31)41(27)40(25)26)24-37(30)32-21-22-39-42-34(32)12-6-13-35(42)33-11-3-4-14-38(33)43-39/h1-24H. The first-order valence-electron chi connectivity index (χ1n) is 14.8. The summed E-state index contributed by atoms with van der Waals surface area (Å²) < 4.78 is 6.43. The highest BCUT2D eigenvalue weighted by Gasteiger charge is 2.22. The van der Waals surface area contributed by atoms with E-state index in [0.29, 0.717) is 0 Å². The van der Waals surface area contributed by atoms with Gasteiger partial charge in [-0.15, -0.1) is 0 Å². The Hall–Kier alpha value is -5.66. The highest BCUT2D eigenvalue weighted by Crippen LogP contribution is 2.49. The van der Waals surface area contributed by atoms with Crippen LogP contribution in [0.2, 0.25) is 0 Å². The van der Waals surface area contributed by atoms with E-state index in [1.807, 2.05) is 6.07 Å². The minimum absolute atomic E-state index is 0.914. The van der Waals surface area contributed by atoms with Gasteiger partial charge in [0.2, 0.25) is 0 Å². The largest absolute Gasteiger partial charge is 0.456 e. The van der Waals surface area contributed by atoms with Gasteiger partial charge >= 0.3 is 0 Å². The van der Waals surface area contributed by atoms with Gasteiger partial charge in [0.25, 0.3) is 0 Å². The molecule has 0 spiro atoms. The van der Waals surface area contributed by atoms with Crippen molar-refractivity contribution < 1.29 is 4.74 Å². The molecule has 0 aromatic heterocycles. The zero-order chi connectivity index (χ0) is 28.1. The Morgan fingerprint density at radius 1 is 0.302 bits per heavy atom. The number of hydrogen-bond acceptors (Lipinski definition) is 1. The molecule has 10 rings (SSSR count). The molecule has 9 aromatic carbocycles. The van der Waals surface area contributed by atoms with E-state index in [1.165, 1.54) is 81.7 Å². The first-order chi connectivity index (χ1) is 21.3. The minimum atomic E-state index is 0.914. The fourth-order valence-electron chi connectivity index (χ4n) is 7.49. The van der Waals surface area contributed by atoms with Crippen molar-refractivity contribution in [3.63, 3.8) is 0 Å². The zero-order valence-corrected chi connectivity index (χ0v) is 23.3. The maximum Gasteiger partial charge on any atom is 0.135 e. The Kier molecular flexibility index (Phi) is 4.51. The van der Waals surface area contributed by atoms with Crippen LogP contribution < -0.4 is 4.74 Å². The van der Waals surface area contributed by atoms with Gasteiger partial charge in [0.05, 0.1) is 0 Å². The molecular formula is C42H24O. The van der Waals surface area contributed by atoms with Crippen molar-refractivity contribution in [2.45, 2.75) is 0 Å². The molecule has 0 fully saturated rings. The normalized spacial score (nSPS) is 12.4. The molecule has 43 heavy (non-hydrogen) atoms. The Balaban J connectivity index is 1.28. The molecule has 1 aliphatic rings. The molecular weight excluding hydrogens is 520 g/mol. The molecule has 0 saturated carbocycles. The lowest BCUT2D eigenvalue weighted by Crippen LogP contribution is -1.98. The molecule has 1 nitrogen and oxygen atoms in total. The van der Waals surface area contributed by atoms with Crippen molar-refractivity contribution in [1.82, 2.24) is 0 Å². The van der Waals surface area contributed by atoms with Crippen molar-refractivity contribution in [3.8, 4) is 44.9 Å². The lowest BCUT2D eigenvalue weighted by atomic mass is 9.86. The van der Waals surface area contributed by atoms with Gasteiger partial charge in [-0.25, -0.2) is 0 Å². The fourth-order valence-corrected chi connectivity index (χ4v) is 7.49. The Labute approximate surface area is 248 Å². The van der Waals surface area contributed by atoms with Crippen molar-refractivity contribution in [2.75, 3.05) is 0 Å². The Bertz CT molecular complexity index is 2570. The number of hydrogen-bond donors (Lipinski definition) is 0. The van der Waals surface area contributed by atoms with Crippen LogP contribution >= 0.6 is 0 Å². The van der Waals surface area contributed by atoms with Crippen LogP contribution in [0.15, 0.2) is 146 Å². The molecule has 0 saturated heterocycles. The Morgan fingerprint density at radius 2 is 0.953 bits per heavy atom. The van der Waals surface area contributed by atoms with Crippen molar-refractivity contribution in [3.05, 3.63) is 146 Å². The number of rotatable bonds is 2. The van der Waals surface area contributed by atoms with E-state index < -0.39 is 0 Å². The lowest BCUT2D eigenvalue weighted by molar-refractivity contribution is 0.487. The summed E-state index contributed by atoms with van der Waals surface area (Å²) in [6.45, 7) is 0.